The summed E-state index contributed by atoms with van der Waals surface area (Å²) in [6.07, 6.45) is 5.05. The van der Waals surface area contributed by atoms with Crippen molar-refractivity contribution in [3.8, 4) is 16.9 Å². The highest BCUT2D eigenvalue weighted by Gasteiger charge is 2.35. The van der Waals surface area contributed by atoms with Crippen LogP contribution in [0.1, 0.15) is 29.4 Å². The van der Waals surface area contributed by atoms with Crippen molar-refractivity contribution in [1.82, 2.24) is 24.3 Å². The molecule has 42 heavy (non-hydrogen) atoms. The number of nitrogens with one attached hydrogen (secondary N) is 1. The Morgan fingerprint density at radius 2 is 2.12 bits per heavy atom. The third-order valence-corrected chi connectivity index (χ3v) is 8.88. The third kappa shape index (κ3) is 4.33. The molecule has 2 aliphatic rings. The quantitative estimate of drug-likeness (QED) is 0.290. The van der Waals surface area contributed by atoms with Crippen LogP contribution in [0.4, 0.5) is 15.2 Å². The molecule has 2 atom stereocenters. The maximum absolute atomic E-state index is 14.3. The normalized spacial score (nSPS) is 16.9. The van der Waals surface area contributed by atoms with E-state index in [2.05, 4.69) is 15.3 Å². The second kappa shape index (κ2) is 10.2. The topological polar surface area (TPSA) is 107 Å². The fourth-order valence-corrected chi connectivity index (χ4v) is 6.64. The van der Waals surface area contributed by atoms with Crippen LogP contribution in [-0.4, -0.2) is 56.5 Å². The molecule has 0 saturated carbocycles. The first-order valence-corrected chi connectivity index (χ1v) is 14.6. The van der Waals surface area contributed by atoms with E-state index < -0.39 is 18.1 Å². The molecule has 0 saturated heterocycles. The van der Waals surface area contributed by atoms with E-state index in [1.165, 1.54) is 16.0 Å². The van der Waals surface area contributed by atoms with E-state index >= 15 is 0 Å². The average molecular weight is 606 g/mol. The Hall–Kier alpha value is -4.29. The molecule has 0 aliphatic carbocycles. The van der Waals surface area contributed by atoms with E-state index in [1.54, 1.807) is 47.7 Å². The number of aromatic nitrogens is 5. The number of hydrogen-bond acceptors (Lipinski definition) is 7. The van der Waals surface area contributed by atoms with Gasteiger partial charge in [0.1, 0.15) is 11.7 Å². The predicted octanol–water partition coefficient (Wildman–Crippen LogP) is 5.05. The van der Waals surface area contributed by atoms with Crippen molar-refractivity contribution >= 4 is 56.5 Å². The zero-order valence-electron chi connectivity index (χ0n) is 22.7. The molecule has 0 radical (unpaired) electrons. The Bertz CT molecular complexity index is 1870. The number of imidazole rings is 1. The van der Waals surface area contributed by atoms with Crippen molar-refractivity contribution in [2.45, 2.75) is 38.0 Å². The van der Waals surface area contributed by atoms with Crippen LogP contribution < -0.4 is 15.0 Å². The van der Waals surface area contributed by atoms with Gasteiger partial charge in [0.05, 0.1) is 30.7 Å². The molecule has 0 fully saturated rings. The fourth-order valence-electron chi connectivity index (χ4n) is 5.86. The zero-order chi connectivity index (χ0) is 29.1. The number of nitrogens with zero attached hydrogens (tertiary/aromatic N) is 6. The number of hydrogen-bond donors (Lipinski definition) is 1. The molecule has 0 spiro atoms. The molecule has 3 aromatic heterocycles. The van der Waals surface area contributed by atoms with E-state index in [0.29, 0.717) is 51.0 Å². The van der Waals surface area contributed by atoms with Crippen LogP contribution in [0.15, 0.2) is 48.4 Å². The largest absolute Gasteiger partial charge is 0.494 e. The van der Waals surface area contributed by atoms with E-state index in [0.717, 1.165) is 22.4 Å². The molecular formula is C29H25ClFN7O3S. The SMILES string of the molecule is COc1c(-c2ccc3c(c2)CCC(=O)N3C)cc(Cl)c2cn(C(C(=O)Nc3nccs3)c3ncn4c3CC(F)C4)nc12. The van der Waals surface area contributed by atoms with Crippen molar-refractivity contribution in [3.05, 3.63) is 70.3 Å². The molecule has 10 nitrogen and oxygen atoms in total. The van der Waals surface area contributed by atoms with Crippen LogP contribution in [0.3, 0.4) is 0 Å². The summed E-state index contributed by atoms with van der Waals surface area (Å²) in [6, 6.07) is 6.71. The van der Waals surface area contributed by atoms with Crippen molar-refractivity contribution in [2.24, 2.45) is 0 Å². The van der Waals surface area contributed by atoms with Gasteiger partial charge in [-0.3, -0.25) is 19.6 Å². The number of benzene rings is 2. The Morgan fingerprint density at radius 3 is 2.90 bits per heavy atom. The number of methoxy groups -OCH3 is 1. The lowest BCUT2D eigenvalue weighted by Gasteiger charge is -2.26. The number of ether oxygens (including phenoxy) is 1. The predicted molar refractivity (Wildman–Crippen MR) is 158 cm³/mol. The van der Waals surface area contributed by atoms with E-state index in [9.17, 15) is 14.0 Å². The molecule has 13 heteroatoms. The van der Waals surface area contributed by atoms with Crippen molar-refractivity contribution in [3.63, 3.8) is 0 Å². The minimum Gasteiger partial charge on any atom is -0.494 e. The first kappa shape index (κ1) is 26.6. The highest BCUT2D eigenvalue weighted by molar-refractivity contribution is 7.13. The fraction of sp³-hybridized carbons (Fsp3) is 0.276. The lowest BCUT2D eigenvalue weighted by molar-refractivity contribution is -0.119. The number of carbonyl (C=O) groups is 2. The van der Waals surface area contributed by atoms with Crippen molar-refractivity contribution in [2.75, 3.05) is 24.4 Å². The molecule has 2 unspecified atom stereocenters. The summed E-state index contributed by atoms with van der Waals surface area (Å²) in [5.74, 6) is 0.165. The van der Waals surface area contributed by atoms with Gasteiger partial charge in [-0.25, -0.2) is 14.4 Å². The number of halogens is 2. The van der Waals surface area contributed by atoms with Gasteiger partial charge in [-0.1, -0.05) is 17.7 Å². The van der Waals surface area contributed by atoms with Gasteiger partial charge in [0, 0.05) is 60.0 Å². The standard InChI is InChI=1S/C29H25ClFN7O3S/c1-36-21-5-3-15(9-16(21)4-6-23(36)39)18-11-20(30)19-13-38(35-24(19)27(18)41-2)26(28(40)34-29-32-7-8-42-29)25-22-10-17(31)12-37(22)14-33-25/h3,5,7-9,11,13-14,17,26H,4,6,10,12H2,1-2H3,(H,32,34,40). The third-order valence-electron chi connectivity index (χ3n) is 7.88. The van der Waals surface area contributed by atoms with Gasteiger partial charge < -0.3 is 14.2 Å². The molecule has 1 N–H and O–H groups in total. The number of aryl methyl sites for hydroxylation is 1. The molecule has 0 bridgehead atoms. The number of alkyl halides is 1. The molecule has 2 amide bonds. The van der Waals surface area contributed by atoms with Crippen LogP contribution in [0.25, 0.3) is 22.0 Å². The van der Waals surface area contributed by atoms with Gasteiger partial charge >= 0.3 is 0 Å². The van der Waals surface area contributed by atoms with Crippen LogP contribution in [0.2, 0.25) is 5.02 Å². The number of amides is 2. The highest BCUT2D eigenvalue weighted by Crippen LogP contribution is 2.42. The Balaban J connectivity index is 1.35. The second-order valence-electron chi connectivity index (χ2n) is 10.4. The molecule has 5 aromatic rings. The number of carbonyl (C=O) groups excluding carboxylic acids is 2. The van der Waals surface area contributed by atoms with Crippen molar-refractivity contribution in [1.29, 1.82) is 0 Å². The first-order chi connectivity index (χ1) is 20.3. The Labute approximate surface area is 248 Å². The maximum Gasteiger partial charge on any atom is 0.257 e. The monoisotopic (exact) mass is 605 g/mol. The summed E-state index contributed by atoms with van der Waals surface area (Å²) in [6.45, 7) is 0.192. The van der Waals surface area contributed by atoms with Crippen LogP contribution in [-0.2, 0) is 29.0 Å². The summed E-state index contributed by atoms with van der Waals surface area (Å²) >= 11 is 8.13. The van der Waals surface area contributed by atoms with Gasteiger partial charge in [-0.2, -0.15) is 5.10 Å². The lowest BCUT2D eigenvalue weighted by Crippen LogP contribution is -2.30. The lowest BCUT2D eigenvalue weighted by atomic mass is 9.95. The van der Waals surface area contributed by atoms with Crippen LogP contribution >= 0.6 is 22.9 Å². The minimum absolute atomic E-state index is 0.0849. The van der Waals surface area contributed by atoms with Gasteiger partial charge in [0.25, 0.3) is 5.91 Å². The summed E-state index contributed by atoms with van der Waals surface area (Å²) in [5, 5.41) is 10.9. The van der Waals surface area contributed by atoms with Crippen LogP contribution in [0.5, 0.6) is 5.75 Å². The molecule has 214 valence electrons. The maximum atomic E-state index is 14.3. The number of rotatable bonds is 6. The zero-order valence-corrected chi connectivity index (χ0v) is 24.2. The minimum atomic E-state index is -1.05. The average Bonchev–Trinajstić information content (AvgIpc) is 3.77. The van der Waals surface area contributed by atoms with Crippen LogP contribution in [0, 0.1) is 0 Å². The van der Waals surface area contributed by atoms with E-state index in [-0.39, 0.29) is 18.9 Å². The van der Waals surface area contributed by atoms with E-state index in [4.69, 9.17) is 21.4 Å². The van der Waals surface area contributed by atoms with Gasteiger partial charge in [-0.15, -0.1) is 11.3 Å². The van der Waals surface area contributed by atoms with Gasteiger partial charge in [0.15, 0.2) is 16.9 Å². The molecule has 7 rings (SSSR count). The molecule has 5 heterocycles. The van der Waals surface area contributed by atoms with Crippen molar-refractivity contribution < 1.29 is 18.7 Å². The highest BCUT2D eigenvalue weighted by atomic mass is 35.5. The smallest absolute Gasteiger partial charge is 0.257 e. The molecule has 2 aromatic carbocycles. The second-order valence-corrected chi connectivity index (χ2v) is 11.7. The number of thiazole rings is 1. The first-order valence-electron chi connectivity index (χ1n) is 13.4. The summed E-state index contributed by atoms with van der Waals surface area (Å²) in [7, 11) is 3.34. The molecular weight excluding hydrogens is 581 g/mol. The summed E-state index contributed by atoms with van der Waals surface area (Å²) in [5.41, 5.74) is 5.06. The van der Waals surface area contributed by atoms with Gasteiger partial charge in [0.2, 0.25) is 5.91 Å². The van der Waals surface area contributed by atoms with E-state index in [1.807, 2.05) is 24.3 Å². The Kier molecular flexibility index (Phi) is 6.47. The number of anilines is 2. The summed E-state index contributed by atoms with van der Waals surface area (Å²) < 4.78 is 23.5. The number of fused-ring (bicyclic) bond motifs is 3. The van der Waals surface area contributed by atoms with Gasteiger partial charge in [-0.05, 0) is 35.7 Å². The molecule has 2 aliphatic heterocycles. The summed E-state index contributed by atoms with van der Waals surface area (Å²) in [4.78, 5) is 36.3. The Morgan fingerprint density at radius 1 is 1.26 bits per heavy atom.